The predicted octanol–water partition coefficient (Wildman–Crippen LogP) is 2.57. The molecule has 100 valence electrons. The number of rotatable bonds is 3. The third-order valence-corrected chi connectivity index (χ3v) is 3.25. The number of hydrogen-bond acceptors (Lipinski definition) is 3. The van der Waals surface area contributed by atoms with Crippen molar-refractivity contribution in [1.29, 1.82) is 0 Å². The van der Waals surface area contributed by atoms with Crippen LogP contribution in [0.1, 0.15) is 40.5 Å². The minimum absolute atomic E-state index is 0.207. The van der Waals surface area contributed by atoms with Crippen LogP contribution in [-0.2, 0) is 0 Å². The van der Waals surface area contributed by atoms with E-state index in [0.717, 1.165) is 11.4 Å². The summed E-state index contributed by atoms with van der Waals surface area (Å²) in [7, 11) is 0. The molecule has 1 atom stereocenters. The van der Waals surface area contributed by atoms with Crippen LogP contribution in [0.4, 0.5) is 0 Å². The highest BCUT2D eigenvalue weighted by molar-refractivity contribution is 6.34. The van der Waals surface area contributed by atoms with Gasteiger partial charge in [0.15, 0.2) is 5.69 Å². The van der Waals surface area contributed by atoms with Gasteiger partial charge < -0.3 is 5.32 Å². The summed E-state index contributed by atoms with van der Waals surface area (Å²) in [5.74, 6) is -0.315. The van der Waals surface area contributed by atoms with Crippen molar-refractivity contribution in [2.45, 2.75) is 26.8 Å². The van der Waals surface area contributed by atoms with E-state index in [2.05, 4.69) is 20.5 Å². The van der Waals surface area contributed by atoms with Gasteiger partial charge in [-0.1, -0.05) is 17.7 Å². The Hall–Kier alpha value is -1.88. The fourth-order valence-corrected chi connectivity index (χ4v) is 1.88. The van der Waals surface area contributed by atoms with Crippen LogP contribution in [0.2, 0.25) is 5.02 Å². The van der Waals surface area contributed by atoms with E-state index < -0.39 is 0 Å². The second kappa shape index (κ2) is 5.40. The number of nitrogens with one attached hydrogen (secondary N) is 2. The minimum atomic E-state index is -0.315. The molecule has 0 unspecified atom stereocenters. The zero-order valence-corrected chi connectivity index (χ0v) is 11.7. The first-order valence-electron chi connectivity index (χ1n) is 5.94. The highest BCUT2D eigenvalue weighted by Crippen LogP contribution is 2.18. The molecule has 2 rings (SSSR count). The van der Waals surface area contributed by atoms with Crippen molar-refractivity contribution in [2.75, 3.05) is 0 Å². The maximum absolute atomic E-state index is 12.0. The maximum Gasteiger partial charge on any atom is 0.273 e. The first-order valence-corrected chi connectivity index (χ1v) is 6.31. The lowest BCUT2D eigenvalue weighted by Crippen LogP contribution is -2.27. The molecule has 0 radical (unpaired) electrons. The molecule has 0 aliphatic carbocycles. The van der Waals surface area contributed by atoms with Crippen molar-refractivity contribution < 1.29 is 4.79 Å². The quantitative estimate of drug-likeness (QED) is 0.906. The Kier molecular flexibility index (Phi) is 3.85. The molecule has 2 aromatic rings. The molecule has 0 aliphatic heterocycles. The van der Waals surface area contributed by atoms with Crippen molar-refractivity contribution in [2.24, 2.45) is 0 Å². The molecule has 19 heavy (non-hydrogen) atoms. The van der Waals surface area contributed by atoms with Gasteiger partial charge in [-0.15, -0.1) is 0 Å². The number of nitrogens with zero attached hydrogens (tertiary/aromatic N) is 2. The second-order valence-corrected chi connectivity index (χ2v) is 4.79. The van der Waals surface area contributed by atoms with Crippen LogP contribution in [0.25, 0.3) is 0 Å². The van der Waals surface area contributed by atoms with Gasteiger partial charge in [0.2, 0.25) is 0 Å². The topological polar surface area (TPSA) is 70.7 Å². The van der Waals surface area contributed by atoms with Gasteiger partial charge in [-0.3, -0.25) is 14.9 Å². The number of aryl methyl sites for hydroxylation is 2. The van der Waals surface area contributed by atoms with E-state index in [-0.39, 0.29) is 17.6 Å². The number of carbonyl (C=O) groups excluding carboxylic acids is 1. The van der Waals surface area contributed by atoms with Crippen molar-refractivity contribution >= 4 is 17.5 Å². The Bertz CT molecular complexity index is 608. The van der Waals surface area contributed by atoms with Gasteiger partial charge in [0.1, 0.15) is 0 Å². The van der Waals surface area contributed by atoms with Crippen LogP contribution in [0.3, 0.4) is 0 Å². The molecule has 5 nitrogen and oxygen atoms in total. The largest absolute Gasteiger partial charge is 0.342 e. The Morgan fingerprint density at radius 2 is 2.16 bits per heavy atom. The van der Waals surface area contributed by atoms with Crippen molar-refractivity contribution in [3.05, 3.63) is 46.0 Å². The Morgan fingerprint density at radius 1 is 1.42 bits per heavy atom. The highest BCUT2D eigenvalue weighted by Gasteiger charge is 2.18. The molecule has 2 aromatic heterocycles. The number of aromatic amines is 1. The third kappa shape index (κ3) is 2.93. The number of aromatic nitrogens is 3. The molecule has 2 N–H and O–H groups in total. The third-order valence-electron chi connectivity index (χ3n) is 2.79. The van der Waals surface area contributed by atoms with E-state index >= 15 is 0 Å². The van der Waals surface area contributed by atoms with Crippen LogP contribution >= 0.6 is 11.6 Å². The molecular formula is C13H15ClN4O. The molecular weight excluding hydrogens is 264 g/mol. The second-order valence-electron chi connectivity index (χ2n) is 4.41. The van der Waals surface area contributed by atoms with E-state index in [4.69, 9.17) is 11.6 Å². The molecule has 0 aliphatic rings. The lowest BCUT2D eigenvalue weighted by Gasteiger charge is -2.13. The number of pyridine rings is 1. The number of H-pyrrole nitrogens is 1. The molecule has 0 spiro atoms. The molecule has 0 bridgehead atoms. The van der Waals surface area contributed by atoms with Gasteiger partial charge in [-0.25, -0.2) is 0 Å². The number of carbonyl (C=O) groups is 1. The molecule has 0 saturated heterocycles. The highest BCUT2D eigenvalue weighted by atomic mass is 35.5. The Labute approximate surface area is 116 Å². The first-order chi connectivity index (χ1) is 8.99. The van der Waals surface area contributed by atoms with Crippen LogP contribution in [0, 0.1) is 13.8 Å². The van der Waals surface area contributed by atoms with Gasteiger partial charge in [0.25, 0.3) is 5.91 Å². The van der Waals surface area contributed by atoms with Crippen molar-refractivity contribution in [1.82, 2.24) is 20.5 Å². The summed E-state index contributed by atoms with van der Waals surface area (Å²) in [4.78, 5) is 16.4. The predicted molar refractivity (Wildman–Crippen MR) is 73.2 cm³/mol. The molecule has 6 heteroatoms. The zero-order chi connectivity index (χ0) is 14.0. The summed E-state index contributed by atoms with van der Waals surface area (Å²) in [6.45, 7) is 5.54. The van der Waals surface area contributed by atoms with Crippen LogP contribution < -0.4 is 5.32 Å². The molecule has 1 amide bonds. The van der Waals surface area contributed by atoms with Gasteiger partial charge in [0.05, 0.1) is 22.5 Å². The Morgan fingerprint density at radius 3 is 2.74 bits per heavy atom. The standard InChI is InChI=1S/C13H15ClN4O/c1-7-5-4-6-10(15-7)8(2)16-13(19)12-11(14)9(3)17-18-12/h4-6,8H,1-3H3,(H,16,19)(H,17,18)/t8-/m1/s1. The molecule has 0 fully saturated rings. The lowest BCUT2D eigenvalue weighted by molar-refractivity contribution is 0.0934. The fraction of sp³-hybridized carbons (Fsp3) is 0.308. The summed E-state index contributed by atoms with van der Waals surface area (Å²) >= 11 is 5.99. The minimum Gasteiger partial charge on any atom is -0.342 e. The van der Waals surface area contributed by atoms with Gasteiger partial charge in [0, 0.05) is 5.69 Å². The SMILES string of the molecule is Cc1cccc([C@@H](C)NC(=O)c2n[nH]c(C)c2Cl)n1. The fourth-order valence-electron chi connectivity index (χ4n) is 1.71. The lowest BCUT2D eigenvalue weighted by atomic mass is 10.2. The van der Waals surface area contributed by atoms with Gasteiger partial charge >= 0.3 is 0 Å². The average Bonchev–Trinajstić information content (AvgIpc) is 2.70. The summed E-state index contributed by atoms with van der Waals surface area (Å²) in [6.07, 6.45) is 0. The zero-order valence-electron chi connectivity index (χ0n) is 11.0. The maximum atomic E-state index is 12.0. The van der Waals surface area contributed by atoms with E-state index in [0.29, 0.717) is 10.7 Å². The van der Waals surface area contributed by atoms with Gasteiger partial charge in [-0.2, -0.15) is 5.10 Å². The normalized spacial score (nSPS) is 12.2. The van der Waals surface area contributed by atoms with E-state index in [1.807, 2.05) is 32.0 Å². The number of hydrogen-bond donors (Lipinski definition) is 2. The monoisotopic (exact) mass is 278 g/mol. The smallest absolute Gasteiger partial charge is 0.273 e. The van der Waals surface area contributed by atoms with Crippen molar-refractivity contribution in [3.8, 4) is 0 Å². The summed E-state index contributed by atoms with van der Waals surface area (Å²) in [6, 6.07) is 5.48. The van der Waals surface area contributed by atoms with E-state index in [1.54, 1.807) is 6.92 Å². The van der Waals surface area contributed by atoms with Crippen LogP contribution in [0.5, 0.6) is 0 Å². The average molecular weight is 279 g/mol. The summed E-state index contributed by atoms with van der Waals surface area (Å²) < 4.78 is 0. The van der Waals surface area contributed by atoms with E-state index in [9.17, 15) is 4.79 Å². The number of halogens is 1. The summed E-state index contributed by atoms with van der Waals surface area (Å²) in [5.41, 5.74) is 2.59. The van der Waals surface area contributed by atoms with Crippen LogP contribution in [-0.4, -0.2) is 21.1 Å². The molecule has 0 saturated carbocycles. The molecule has 2 heterocycles. The number of amides is 1. The van der Waals surface area contributed by atoms with Gasteiger partial charge in [-0.05, 0) is 32.9 Å². The van der Waals surface area contributed by atoms with Crippen LogP contribution in [0.15, 0.2) is 18.2 Å². The van der Waals surface area contributed by atoms with Crippen molar-refractivity contribution in [3.63, 3.8) is 0 Å². The van der Waals surface area contributed by atoms with E-state index in [1.165, 1.54) is 0 Å². The summed E-state index contributed by atoms with van der Waals surface area (Å²) in [5, 5.41) is 9.75. The first kappa shape index (κ1) is 13.5. The molecule has 0 aromatic carbocycles. The Balaban J connectivity index is 2.13.